The van der Waals surface area contributed by atoms with Crippen LogP contribution < -0.4 is 0 Å². The van der Waals surface area contributed by atoms with Crippen molar-refractivity contribution in [3.05, 3.63) is 95.3 Å². The summed E-state index contributed by atoms with van der Waals surface area (Å²) in [6, 6.07) is 21.8. The maximum Gasteiger partial charge on any atom is 0.337 e. The molecule has 0 bridgehead atoms. The molecule has 1 atom stereocenters. The normalized spacial score (nSPS) is 12.7. The van der Waals surface area contributed by atoms with E-state index in [1.54, 1.807) is 0 Å². The average Bonchev–Trinajstić information content (AvgIpc) is 3.52. The number of carboxylic acids is 1. The molecule has 3 aromatic heterocycles. The summed E-state index contributed by atoms with van der Waals surface area (Å²) in [5, 5.41) is 12.8. The summed E-state index contributed by atoms with van der Waals surface area (Å²) in [6.45, 7) is 7.50. The van der Waals surface area contributed by atoms with Crippen LogP contribution in [0.5, 0.6) is 0 Å². The maximum absolute atomic E-state index is 12.6. The van der Waals surface area contributed by atoms with Gasteiger partial charge in [-0.2, -0.15) is 0 Å². The Balaban J connectivity index is 1.59. The number of hydrogen-bond acceptors (Lipinski definition) is 5. The Hall–Kier alpha value is -4.04. The van der Waals surface area contributed by atoms with Crippen molar-refractivity contribution in [1.29, 1.82) is 0 Å². The largest absolute Gasteiger partial charge is 0.479 e. The van der Waals surface area contributed by atoms with Crippen molar-refractivity contribution in [1.82, 2.24) is 14.5 Å². The summed E-state index contributed by atoms with van der Waals surface area (Å²) in [6.07, 6.45) is 2.79. The molecule has 6 aromatic rings. The summed E-state index contributed by atoms with van der Waals surface area (Å²) in [7, 11) is 2.00. The summed E-state index contributed by atoms with van der Waals surface area (Å²) in [4.78, 5) is 22.5. The maximum atomic E-state index is 12.6. The number of carboxylic acid groups (broad SMARTS) is 1. The lowest BCUT2D eigenvalue weighted by molar-refractivity contribution is -0.160. The molecule has 6 rings (SSSR count). The Morgan fingerprint density at radius 1 is 1.02 bits per heavy atom. The minimum absolute atomic E-state index is 0.603. The highest BCUT2D eigenvalue weighted by molar-refractivity contribution is 7.22. The van der Waals surface area contributed by atoms with Gasteiger partial charge in [0.1, 0.15) is 10.7 Å². The first-order chi connectivity index (χ1) is 20.0. The molecule has 0 radical (unpaired) electrons. The average molecular weight is 596 g/mol. The molecule has 0 aliphatic rings. The van der Waals surface area contributed by atoms with E-state index in [9.17, 15) is 9.90 Å². The van der Waals surface area contributed by atoms with E-state index in [-0.39, 0.29) is 0 Å². The molecule has 3 heterocycles. The van der Waals surface area contributed by atoms with Gasteiger partial charge < -0.3 is 14.4 Å². The van der Waals surface area contributed by atoms with Crippen LogP contribution in [0.25, 0.3) is 54.1 Å². The van der Waals surface area contributed by atoms with Crippen LogP contribution >= 0.6 is 22.9 Å². The van der Waals surface area contributed by atoms with Crippen molar-refractivity contribution >= 4 is 50.2 Å². The van der Waals surface area contributed by atoms with Gasteiger partial charge in [-0.3, -0.25) is 0 Å². The molecule has 0 fully saturated rings. The third kappa shape index (κ3) is 5.20. The molecule has 42 heavy (non-hydrogen) atoms. The first kappa shape index (κ1) is 28.1. The fourth-order valence-electron chi connectivity index (χ4n) is 5.39. The van der Waals surface area contributed by atoms with Crippen LogP contribution in [0.1, 0.15) is 38.0 Å². The molecule has 0 saturated carbocycles. The van der Waals surface area contributed by atoms with Crippen molar-refractivity contribution in [3.8, 4) is 32.8 Å². The number of fused-ring (bicyclic) bond motifs is 2. The second-order valence-corrected chi connectivity index (χ2v) is 12.9. The van der Waals surface area contributed by atoms with Gasteiger partial charge in [0, 0.05) is 52.1 Å². The summed E-state index contributed by atoms with van der Waals surface area (Å²) < 4.78 is 9.06. The molecular weight excluding hydrogens is 566 g/mol. The highest BCUT2D eigenvalue weighted by Crippen LogP contribution is 2.45. The van der Waals surface area contributed by atoms with Gasteiger partial charge in [0.15, 0.2) is 6.10 Å². The zero-order valence-electron chi connectivity index (χ0n) is 24.0. The van der Waals surface area contributed by atoms with Crippen LogP contribution in [0.2, 0.25) is 5.02 Å². The number of aryl methyl sites for hydroxylation is 2. The fraction of sp³-hybridized carbons (Fsp3) is 0.206. The van der Waals surface area contributed by atoms with E-state index in [4.69, 9.17) is 26.3 Å². The Morgan fingerprint density at radius 3 is 2.40 bits per heavy atom. The monoisotopic (exact) mass is 595 g/mol. The number of ether oxygens (including phenoxy) is 1. The van der Waals surface area contributed by atoms with Crippen LogP contribution in [0.15, 0.2) is 79.1 Å². The van der Waals surface area contributed by atoms with Crippen molar-refractivity contribution in [2.45, 2.75) is 39.4 Å². The number of thiazole rings is 1. The van der Waals surface area contributed by atoms with Crippen LogP contribution in [-0.4, -0.2) is 31.2 Å². The molecule has 0 aliphatic heterocycles. The Labute approximate surface area is 253 Å². The van der Waals surface area contributed by atoms with Crippen molar-refractivity contribution in [2.75, 3.05) is 0 Å². The summed E-state index contributed by atoms with van der Waals surface area (Å²) in [5.41, 5.74) is 7.19. The van der Waals surface area contributed by atoms with Gasteiger partial charge in [0.2, 0.25) is 0 Å². The van der Waals surface area contributed by atoms with Crippen molar-refractivity contribution < 1.29 is 14.6 Å². The van der Waals surface area contributed by atoms with E-state index in [0.717, 1.165) is 59.6 Å². The molecule has 212 valence electrons. The number of benzene rings is 3. The number of rotatable bonds is 6. The number of aliphatic carboxylic acids is 1. The predicted octanol–water partition coefficient (Wildman–Crippen LogP) is 9.09. The van der Waals surface area contributed by atoms with E-state index < -0.39 is 17.7 Å². The summed E-state index contributed by atoms with van der Waals surface area (Å²) >= 11 is 7.77. The molecule has 8 heteroatoms. The lowest BCUT2D eigenvalue weighted by Gasteiger charge is -2.28. The zero-order valence-corrected chi connectivity index (χ0v) is 25.5. The molecule has 6 nitrogen and oxygen atoms in total. The summed E-state index contributed by atoms with van der Waals surface area (Å²) in [5.74, 6) is -1.04. The van der Waals surface area contributed by atoms with Crippen LogP contribution in [0.3, 0.4) is 0 Å². The van der Waals surface area contributed by atoms with Gasteiger partial charge in [-0.05, 0) is 68.7 Å². The third-order valence-corrected chi connectivity index (χ3v) is 8.55. The fourth-order valence-corrected chi connectivity index (χ4v) is 6.62. The highest BCUT2D eigenvalue weighted by atomic mass is 35.5. The minimum atomic E-state index is -1.17. The first-order valence-electron chi connectivity index (χ1n) is 13.6. The molecule has 0 aliphatic carbocycles. The van der Waals surface area contributed by atoms with E-state index in [1.807, 2.05) is 94.0 Å². The topological polar surface area (TPSA) is 77.2 Å². The number of halogens is 1. The number of aromatic nitrogens is 3. The molecule has 0 unspecified atom stereocenters. The molecule has 0 amide bonds. The van der Waals surface area contributed by atoms with Crippen LogP contribution in [-0.2, 0) is 16.6 Å². The number of nitrogens with zero attached hydrogens (tertiary/aromatic N) is 3. The molecule has 3 aromatic carbocycles. The smallest absolute Gasteiger partial charge is 0.337 e. The van der Waals surface area contributed by atoms with Crippen LogP contribution in [0.4, 0.5) is 0 Å². The van der Waals surface area contributed by atoms with Crippen LogP contribution in [0, 0.1) is 6.92 Å². The van der Waals surface area contributed by atoms with Gasteiger partial charge in [0.25, 0.3) is 0 Å². The molecule has 1 N–H and O–H groups in total. The molecular formula is C34H30ClN3O3S. The molecule has 0 saturated heterocycles. The van der Waals surface area contributed by atoms with Crippen molar-refractivity contribution in [2.24, 2.45) is 7.05 Å². The quantitative estimate of drug-likeness (QED) is 0.208. The second-order valence-electron chi connectivity index (χ2n) is 11.4. The minimum Gasteiger partial charge on any atom is -0.479 e. The lowest BCUT2D eigenvalue weighted by atomic mass is 9.91. The standard InChI is InChI=1S/C34H30ClN3O3S/c1-19-15-26-30(28(21-11-13-23(35)14-12-21)27(19)29(33(39)40)41-34(2,3)4)42-32(37-26)22-16-24-25(20-9-7-6-8-10-20)18-38(5)31(24)36-17-22/h6-18,29H,1-5H3,(H,39,40)/t29-/m0/s1. The number of pyridine rings is 1. The van der Waals surface area contributed by atoms with Gasteiger partial charge >= 0.3 is 5.97 Å². The van der Waals surface area contributed by atoms with Gasteiger partial charge in [-0.25, -0.2) is 14.8 Å². The van der Waals surface area contributed by atoms with E-state index in [0.29, 0.717) is 10.6 Å². The lowest BCUT2D eigenvalue weighted by Crippen LogP contribution is -2.28. The van der Waals surface area contributed by atoms with E-state index in [1.165, 1.54) is 11.3 Å². The van der Waals surface area contributed by atoms with Crippen molar-refractivity contribution in [3.63, 3.8) is 0 Å². The third-order valence-electron chi connectivity index (χ3n) is 7.16. The van der Waals surface area contributed by atoms with Gasteiger partial charge in [-0.15, -0.1) is 11.3 Å². The second kappa shape index (κ2) is 10.7. The van der Waals surface area contributed by atoms with E-state index >= 15 is 0 Å². The Morgan fingerprint density at radius 2 is 1.74 bits per heavy atom. The zero-order chi connectivity index (χ0) is 29.8. The number of carbonyl (C=O) groups is 1. The Bertz CT molecular complexity index is 1950. The predicted molar refractivity (Wildman–Crippen MR) is 171 cm³/mol. The highest BCUT2D eigenvalue weighted by Gasteiger charge is 2.32. The SMILES string of the molecule is Cc1cc2nc(-c3cnc4c(c3)c(-c3ccccc3)cn4C)sc2c(-c2ccc(Cl)cc2)c1[C@H](OC(C)(C)C)C(=O)O. The molecule has 0 spiro atoms. The Kier molecular flexibility index (Phi) is 7.13. The number of hydrogen-bond donors (Lipinski definition) is 1. The van der Waals surface area contributed by atoms with E-state index in [2.05, 4.69) is 24.4 Å². The van der Waals surface area contributed by atoms with Gasteiger partial charge in [0.05, 0.1) is 15.8 Å². The van der Waals surface area contributed by atoms with Gasteiger partial charge in [-0.1, -0.05) is 54.1 Å². The first-order valence-corrected chi connectivity index (χ1v) is 14.8.